The molecular formula is C18H13ClN2O6S. The summed E-state index contributed by atoms with van der Waals surface area (Å²) in [5.41, 5.74) is 0.637. The van der Waals surface area contributed by atoms with Crippen LogP contribution in [0.15, 0.2) is 69.0 Å². The van der Waals surface area contributed by atoms with Gasteiger partial charge in [0.25, 0.3) is 11.6 Å². The summed E-state index contributed by atoms with van der Waals surface area (Å²) in [6, 6.07) is 12.3. The fraction of sp³-hybridized carbons (Fsp3) is 0.0556. The summed E-state index contributed by atoms with van der Waals surface area (Å²) in [6.45, 7) is 1.83. The van der Waals surface area contributed by atoms with E-state index in [2.05, 4.69) is 5.32 Å². The van der Waals surface area contributed by atoms with Crippen LogP contribution in [0.1, 0.15) is 16.1 Å². The molecule has 0 fully saturated rings. The lowest BCUT2D eigenvalue weighted by Crippen LogP contribution is -2.11. The Morgan fingerprint density at radius 2 is 1.79 bits per heavy atom. The van der Waals surface area contributed by atoms with Gasteiger partial charge in [-0.15, -0.1) is 0 Å². The van der Waals surface area contributed by atoms with Gasteiger partial charge in [-0.05, 0) is 43.3 Å². The quantitative estimate of drug-likeness (QED) is 0.487. The number of sulfone groups is 1. The zero-order valence-corrected chi connectivity index (χ0v) is 16.0. The van der Waals surface area contributed by atoms with Gasteiger partial charge < -0.3 is 9.73 Å². The maximum absolute atomic E-state index is 12.6. The minimum absolute atomic E-state index is 0.0349. The van der Waals surface area contributed by atoms with E-state index >= 15 is 0 Å². The topological polar surface area (TPSA) is 120 Å². The Labute approximate surface area is 164 Å². The second-order valence-electron chi connectivity index (χ2n) is 5.81. The number of amides is 1. The van der Waals surface area contributed by atoms with E-state index < -0.39 is 20.7 Å². The van der Waals surface area contributed by atoms with E-state index in [1.807, 2.05) is 6.92 Å². The summed E-state index contributed by atoms with van der Waals surface area (Å²) in [7, 11) is -3.92. The fourth-order valence-corrected chi connectivity index (χ4v) is 3.70. The van der Waals surface area contributed by atoms with Crippen molar-refractivity contribution in [3.63, 3.8) is 0 Å². The van der Waals surface area contributed by atoms with Gasteiger partial charge >= 0.3 is 0 Å². The molecule has 1 N–H and O–H groups in total. The first-order valence-electron chi connectivity index (χ1n) is 7.85. The number of nitro benzene ring substituents is 1. The number of nitrogens with one attached hydrogen (secondary N) is 1. The van der Waals surface area contributed by atoms with Crippen LogP contribution in [0, 0.1) is 17.0 Å². The van der Waals surface area contributed by atoms with E-state index in [9.17, 15) is 23.3 Å². The van der Waals surface area contributed by atoms with Gasteiger partial charge in [-0.3, -0.25) is 14.9 Å². The molecule has 0 unspecified atom stereocenters. The highest BCUT2D eigenvalue weighted by atomic mass is 35.5. The molecular weight excluding hydrogens is 408 g/mol. The molecule has 0 spiro atoms. The van der Waals surface area contributed by atoms with Crippen molar-refractivity contribution in [3.8, 4) is 0 Å². The Balaban J connectivity index is 1.84. The Morgan fingerprint density at radius 1 is 1.11 bits per heavy atom. The third kappa shape index (κ3) is 3.90. The zero-order valence-electron chi connectivity index (χ0n) is 14.4. The lowest BCUT2D eigenvalue weighted by molar-refractivity contribution is -0.384. The predicted molar refractivity (Wildman–Crippen MR) is 101 cm³/mol. The molecule has 1 aromatic heterocycles. The first-order chi connectivity index (χ1) is 13.2. The number of nitro groups is 1. The molecule has 0 saturated carbocycles. The smallest absolute Gasteiger partial charge is 0.291 e. The molecule has 0 aliphatic heterocycles. The van der Waals surface area contributed by atoms with Crippen molar-refractivity contribution in [1.29, 1.82) is 0 Å². The van der Waals surface area contributed by atoms with E-state index in [1.54, 1.807) is 12.1 Å². The highest BCUT2D eigenvalue weighted by Gasteiger charge is 2.24. The summed E-state index contributed by atoms with van der Waals surface area (Å²) >= 11 is 5.73. The number of carbonyl (C=O) groups is 1. The predicted octanol–water partition coefficient (Wildman–Crippen LogP) is 4.23. The first kappa shape index (κ1) is 19.6. The van der Waals surface area contributed by atoms with Crippen molar-refractivity contribution >= 4 is 38.7 Å². The third-order valence-electron chi connectivity index (χ3n) is 3.80. The standard InChI is InChI=1S/C18H13ClN2O6S/c1-11-2-5-13(6-3-11)28(25,26)17-9-8-16(27-17)18(22)20-12-4-7-14(19)15(10-12)21(23)24/h2-10H,1H3,(H,20,22). The van der Waals surface area contributed by atoms with Crippen molar-refractivity contribution in [2.75, 3.05) is 5.32 Å². The number of nitrogens with zero attached hydrogens (tertiary/aromatic N) is 1. The van der Waals surface area contributed by atoms with Crippen LogP contribution in [-0.4, -0.2) is 19.2 Å². The average Bonchev–Trinajstić information content (AvgIpc) is 3.14. The first-order valence-corrected chi connectivity index (χ1v) is 9.71. The molecule has 0 atom stereocenters. The van der Waals surface area contributed by atoms with Crippen molar-refractivity contribution in [2.24, 2.45) is 0 Å². The third-order valence-corrected chi connectivity index (χ3v) is 5.76. The molecule has 144 valence electrons. The summed E-state index contributed by atoms with van der Waals surface area (Å²) in [5, 5.41) is 12.9. The van der Waals surface area contributed by atoms with E-state index in [1.165, 1.54) is 36.4 Å². The van der Waals surface area contributed by atoms with Crippen molar-refractivity contribution < 1.29 is 22.6 Å². The Bertz CT molecular complexity index is 1170. The van der Waals surface area contributed by atoms with Gasteiger partial charge in [0, 0.05) is 11.8 Å². The van der Waals surface area contributed by atoms with E-state index in [0.717, 1.165) is 11.6 Å². The molecule has 2 aromatic carbocycles. The molecule has 8 nitrogen and oxygen atoms in total. The van der Waals surface area contributed by atoms with Gasteiger partial charge in [-0.25, -0.2) is 8.42 Å². The number of anilines is 1. The van der Waals surface area contributed by atoms with Crippen molar-refractivity contribution in [1.82, 2.24) is 0 Å². The maximum atomic E-state index is 12.6. The van der Waals surface area contributed by atoms with Crippen LogP contribution in [0.4, 0.5) is 11.4 Å². The van der Waals surface area contributed by atoms with E-state index in [4.69, 9.17) is 16.0 Å². The van der Waals surface area contributed by atoms with Crippen LogP contribution < -0.4 is 5.32 Å². The Kier molecular flexibility index (Phi) is 5.21. The van der Waals surface area contributed by atoms with Crippen LogP contribution in [0.3, 0.4) is 0 Å². The minimum Gasteiger partial charge on any atom is -0.439 e. The summed E-state index contributed by atoms with van der Waals surface area (Å²) < 4.78 is 30.4. The summed E-state index contributed by atoms with van der Waals surface area (Å²) in [4.78, 5) is 22.6. The second-order valence-corrected chi connectivity index (χ2v) is 8.10. The molecule has 0 aliphatic rings. The Hall–Kier alpha value is -3.17. The number of rotatable bonds is 5. The second kappa shape index (κ2) is 7.45. The van der Waals surface area contributed by atoms with Crippen molar-refractivity contribution in [2.45, 2.75) is 16.9 Å². The largest absolute Gasteiger partial charge is 0.439 e. The molecule has 3 rings (SSSR count). The molecule has 0 radical (unpaired) electrons. The monoisotopic (exact) mass is 420 g/mol. The minimum atomic E-state index is -3.92. The SMILES string of the molecule is Cc1ccc(S(=O)(=O)c2ccc(C(=O)Nc3ccc(Cl)c([N+](=O)[O-])c3)o2)cc1. The van der Waals surface area contributed by atoms with Gasteiger partial charge in [0.05, 0.1) is 9.82 Å². The fourth-order valence-electron chi connectivity index (χ4n) is 2.34. The number of furan rings is 1. The van der Waals surface area contributed by atoms with E-state index in [0.29, 0.717) is 0 Å². The van der Waals surface area contributed by atoms with Crippen LogP contribution >= 0.6 is 11.6 Å². The number of benzene rings is 2. The molecule has 0 bridgehead atoms. The van der Waals surface area contributed by atoms with Crippen LogP contribution in [-0.2, 0) is 9.84 Å². The Morgan fingerprint density at radius 3 is 2.43 bits per heavy atom. The van der Waals surface area contributed by atoms with Gasteiger partial charge in [-0.2, -0.15) is 0 Å². The lowest BCUT2D eigenvalue weighted by Gasteiger charge is -2.04. The zero-order chi connectivity index (χ0) is 20.5. The van der Waals surface area contributed by atoms with Gasteiger partial charge in [0.2, 0.25) is 14.9 Å². The molecule has 28 heavy (non-hydrogen) atoms. The summed E-state index contributed by atoms with van der Waals surface area (Å²) in [5.74, 6) is -1.02. The van der Waals surface area contributed by atoms with Gasteiger partial charge in [-0.1, -0.05) is 29.3 Å². The molecule has 0 aliphatic carbocycles. The number of halogens is 1. The van der Waals surface area contributed by atoms with Gasteiger partial charge in [0.15, 0.2) is 5.76 Å². The molecule has 1 amide bonds. The molecule has 1 heterocycles. The van der Waals surface area contributed by atoms with E-state index in [-0.39, 0.29) is 32.1 Å². The van der Waals surface area contributed by atoms with Gasteiger partial charge in [0.1, 0.15) is 5.02 Å². The average molecular weight is 421 g/mol. The highest BCUT2D eigenvalue weighted by Crippen LogP contribution is 2.28. The van der Waals surface area contributed by atoms with Crippen LogP contribution in [0.2, 0.25) is 5.02 Å². The number of carbonyl (C=O) groups excluding carboxylic acids is 1. The highest BCUT2D eigenvalue weighted by molar-refractivity contribution is 7.91. The van der Waals surface area contributed by atoms with Crippen molar-refractivity contribution in [3.05, 3.63) is 81.1 Å². The van der Waals surface area contributed by atoms with Crippen LogP contribution in [0.5, 0.6) is 0 Å². The summed E-state index contributed by atoms with van der Waals surface area (Å²) in [6.07, 6.45) is 0. The molecule has 0 saturated heterocycles. The molecule has 10 heteroatoms. The number of hydrogen-bond acceptors (Lipinski definition) is 6. The molecule has 3 aromatic rings. The van der Waals surface area contributed by atoms with Crippen LogP contribution in [0.25, 0.3) is 0 Å². The maximum Gasteiger partial charge on any atom is 0.291 e. The number of hydrogen-bond donors (Lipinski definition) is 1. The number of aryl methyl sites for hydroxylation is 1. The normalized spacial score (nSPS) is 11.2. The lowest BCUT2D eigenvalue weighted by atomic mass is 10.2.